The third-order valence-electron chi connectivity index (χ3n) is 2.46. The monoisotopic (exact) mass is 355 g/mol. The van der Waals surface area contributed by atoms with Crippen LogP contribution in [0.15, 0.2) is 0 Å². The lowest BCUT2D eigenvalue weighted by atomic mass is 10.2. The van der Waals surface area contributed by atoms with Crippen molar-refractivity contribution in [2.45, 2.75) is 39.3 Å². The van der Waals surface area contributed by atoms with E-state index in [2.05, 4.69) is 4.74 Å². The molecule has 1 N–H and O–H groups in total. The highest BCUT2D eigenvalue weighted by molar-refractivity contribution is 5.82. The summed E-state index contributed by atoms with van der Waals surface area (Å²) in [6, 6.07) is -1.48. The molecule has 0 aliphatic carbocycles. The minimum Gasteiger partial charge on any atom is -0.444 e. The van der Waals surface area contributed by atoms with Crippen molar-refractivity contribution in [3.63, 3.8) is 0 Å². The molecule has 0 aliphatic heterocycles. The Labute approximate surface area is 133 Å². The minimum absolute atomic E-state index is 0.880. The number of carbonyl (C=O) groups is 2. The largest absolute Gasteiger partial charge is 0.444 e. The maximum atomic E-state index is 13.4. The van der Waals surface area contributed by atoms with Crippen LogP contribution in [0.1, 0.15) is 27.7 Å². The van der Waals surface area contributed by atoms with Gasteiger partial charge in [-0.05, 0) is 27.7 Å². The van der Waals surface area contributed by atoms with Gasteiger partial charge in [0.2, 0.25) is 34.8 Å². The van der Waals surface area contributed by atoms with Crippen LogP contribution in [0.2, 0.25) is 0 Å². The molecular formula is C14H14F5NO4. The van der Waals surface area contributed by atoms with Crippen LogP contribution in [-0.4, -0.2) is 23.7 Å². The molecule has 1 rings (SSSR count). The van der Waals surface area contributed by atoms with E-state index in [0.29, 0.717) is 0 Å². The van der Waals surface area contributed by atoms with Gasteiger partial charge in [0.05, 0.1) is 0 Å². The van der Waals surface area contributed by atoms with Gasteiger partial charge in [0.1, 0.15) is 11.6 Å². The Kier molecular flexibility index (Phi) is 5.75. The summed E-state index contributed by atoms with van der Waals surface area (Å²) >= 11 is 0. The van der Waals surface area contributed by atoms with Crippen molar-refractivity contribution in [2.75, 3.05) is 0 Å². The highest BCUT2D eigenvalue weighted by atomic mass is 19.2. The van der Waals surface area contributed by atoms with E-state index in [0.717, 1.165) is 6.92 Å². The van der Waals surface area contributed by atoms with Gasteiger partial charge in [0.15, 0.2) is 0 Å². The second-order valence-corrected chi connectivity index (χ2v) is 5.69. The molecule has 0 spiro atoms. The highest BCUT2D eigenvalue weighted by Gasteiger charge is 2.30. The fraction of sp³-hybridized carbons (Fsp3) is 0.429. The van der Waals surface area contributed by atoms with Gasteiger partial charge in [-0.3, -0.25) is 0 Å². The number of carbonyl (C=O) groups excluding carboxylic acids is 2. The van der Waals surface area contributed by atoms with Gasteiger partial charge in [-0.15, -0.1) is 0 Å². The smallest absolute Gasteiger partial charge is 0.408 e. The van der Waals surface area contributed by atoms with Crippen molar-refractivity contribution in [3.05, 3.63) is 29.1 Å². The Balaban J connectivity index is 2.91. The van der Waals surface area contributed by atoms with Crippen molar-refractivity contribution in [1.82, 2.24) is 5.32 Å². The van der Waals surface area contributed by atoms with E-state index in [1.807, 2.05) is 5.32 Å². The fourth-order valence-electron chi connectivity index (χ4n) is 1.41. The zero-order chi connectivity index (χ0) is 18.8. The van der Waals surface area contributed by atoms with Crippen molar-refractivity contribution in [1.29, 1.82) is 0 Å². The molecule has 0 unspecified atom stereocenters. The lowest BCUT2D eigenvalue weighted by Crippen LogP contribution is -2.43. The predicted molar refractivity (Wildman–Crippen MR) is 70.7 cm³/mol. The average Bonchev–Trinajstić information content (AvgIpc) is 2.45. The molecule has 5 nitrogen and oxygen atoms in total. The summed E-state index contributed by atoms with van der Waals surface area (Å²) in [6.45, 7) is 5.71. The van der Waals surface area contributed by atoms with Crippen molar-refractivity contribution in [2.24, 2.45) is 0 Å². The number of nitrogens with one attached hydrogen (secondary N) is 1. The summed E-state index contributed by atoms with van der Waals surface area (Å²) in [5.74, 6) is -14.7. The number of ether oxygens (including phenoxy) is 2. The topological polar surface area (TPSA) is 64.6 Å². The SMILES string of the molecule is C[C@@H](NC(=O)OC(C)(C)C)C(=O)Oc1c(F)c(F)c(F)c(F)c1F. The summed E-state index contributed by atoms with van der Waals surface area (Å²) in [5, 5.41) is 1.99. The summed E-state index contributed by atoms with van der Waals surface area (Å²) < 4.78 is 74.7. The molecule has 0 heterocycles. The molecule has 1 atom stereocenters. The van der Waals surface area contributed by atoms with E-state index >= 15 is 0 Å². The summed E-state index contributed by atoms with van der Waals surface area (Å²) in [4.78, 5) is 23.1. The standard InChI is InChI=1S/C14H14F5NO4/c1-5(20-13(22)24-14(2,3)4)12(21)23-11-9(18)7(16)6(15)8(17)10(11)19/h5H,1-4H3,(H,20,22)/t5-/m1/s1. The van der Waals surface area contributed by atoms with Crippen LogP contribution < -0.4 is 10.1 Å². The Hall–Kier alpha value is -2.39. The van der Waals surface area contributed by atoms with Crippen molar-refractivity contribution < 1.29 is 41.0 Å². The normalized spacial score (nSPS) is 12.5. The first-order valence-electron chi connectivity index (χ1n) is 6.57. The molecule has 0 aromatic heterocycles. The van der Waals surface area contributed by atoms with Crippen LogP contribution >= 0.6 is 0 Å². The van der Waals surface area contributed by atoms with E-state index in [1.54, 1.807) is 20.8 Å². The zero-order valence-electron chi connectivity index (χ0n) is 13.1. The number of alkyl carbamates (subject to hydrolysis) is 1. The average molecular weight is 355 g/mol. The Morgan fingerprint density at radius 3 is 1.75 bits per heavy atom. The van der Waals surface area contributed by atoms with Crippen molar-refractivity contribution in [3.8, 4) is 5.75 Å². The van der Waals surface area contributed by atoms with E-state index < -0.39 is 58.5 Å². The first-order valence-corrected chi connectivity index (χ1v) is 6.57. The molecular weight excluding hydrogens is 341 g/mol. The van der Waals surface area contributed by atoms with E-state index in [4.69, 9.17) is 4.74 Å². The zero-order valence-corrected chi connectivity index (χ0v) is 13.1. The first kappa shape index (κ1) is 19.7. The van der Waals surface area contributed by atoms with Crippen molar-refractivity contribution >= 4 is 12.1 Å². The van der Waals surface area contributed by atoms with Gasteiger partial charge in [-0.2, -0.15) is 8.78 Å². The summed E-state index contributed by atoms with van der Waals surface area (Å²) in [5.41, 5.74) is -0.880. The molecule has 0 saturated carbocycles. The third kappa shape index (κ3) is 4.56. The van der Waals surface area contributed by atoms with Gasteiger partial charge >= 0.3 is 12.1 Å². The van der Waals surface area contributed by atoms with E-state index in [-0.39, 0.29) is 0 Å². The number of esters is 1. The maximum absolute atomic E-state index is 13.4. The van der Waals surface area contributed by atoms with Gasteiger partial charge < -0.3 is 14.8 Å². The lowest BCUT2D eigenvalue weighted by Gasteiger charge is -2.21. The first-order chi connectivity index (χ1) is 10.8. The molecule has 10 heteroatoms. The summed E-state index contributed by atoms with van der Waals surface area (Å²) in [7, 11) is 0. The predicted octanol–water partition coefficient (Wildman–Crippen LogP) is 3.20. The third-order valence-corrected chi connectivity index (χ3v) is 2.46. The van der Waals surface area contributed by atoms with E-state index in [1.165, 1.54) is 0 Å². The van der Waals surface area contributed by atoms with Crippen LogP contribution in [0.25, 0.3) is 0 Å². The molecule has 0 radical (unpaired) electrons. The second-order valence-electron chi connectivity index (χ2n) is 5.69. The molecule has 0 aliphatic rings. The Morgan fingerprint density at radius 2 is 1.33 bits per heavy atom. The number of rotatable bonds is 3. The second kappa shape index (κ2) is 7.02. The van der Waals surface area contributed by atoms with Gasteiger partial charge in [-0.1, -0.05) is 0 Å². The lowest BCUT2D eigenvalue weighted by molar-refractivity contribution is -0.136. The number of hydrogen-bond donors (Lipinski definition) is 1. The number of amides is 1. The highest BCUT2D eigenvalue weighted by Crippen LogP contribution is 2.29. The van der Waals surface area contributed by atoms with Crippen LogP contribution in [0.4, 0.5) is 26.7 Å². The van der Waals surface area contributed by atoms with Gasteiger partial charge in [0, 0.05) is 0 Å². The number of hydrogen-bond acceptors (Lipinski definition) is 4. The van der Waals surface area contributed by atoms with Crippen LogP contribution in [0, 0.1) is 29.1 Å². The molecule has 0 bridgehead atoms. The summed E-state index contributed by atoms with van der Waals surface area (Å²) in [6.07, 6.45) is -1.04. The minimum atomic E-state index is -2.38. The molecule has 24 heavy (non-hydrogen) atoms. The molecule has 1 aromatic carbocycles. The number of halogens is 5. The van der Waals surface area contributed by atoms with Crippen LogP contribution in [0.3, 0.4) is 0 Å². The van der Waals surface area contributed by atoms with E-state index in [9.17, 15) is 31.5 Å². The maximum Gasteiger partial charge on any atom is 0.408 e. The molecule has 134 valence electrons. The Morgan fingerprint density at radius 1 is 0.917 bits per heavy atom. The van der Waals surface area contributed by atoms with Gasteiger partial charge in [0.25, 0.3) is 0 Å². The molecule has 1 amide bonds. The van der Waals surface area contributed by atoms with Gasteiger partial charge in [-0.25, -0.2) is 22.8 Å². The number of benzene rings is 1. The van der Waals surface area contributed by atoms with Crippen LogP contribution in [-0.2, 0) is 9.53 Å². The molecule has 0 saturated heterocycles. The molecule has 1 aromatic rings. The Bertz CT molecular complexity index is 643. The fourth-order valence-corrected chi connectivity index (χ4v) is 1.41. The van der Waals surface area contributed by atoms with Crippen LogP contribution in [0.5, 0.6) is 5.75 Å². The molecule has 0 fully saturated rings. The quantitative estimate of drug-likeness (QED) is 0.297.